The molecule has 1 rings (SSSR count). The number of rotatable bonds is 7. The van der Waals surface area contributed by atoms with Crippen LogP contribution in [-0.4, -0.2) is 45.3 Å². The van der Waals surface area contributed by atoms with E-state index in [9.17, 15) is 5.11 Å². The number of hydrogen-bond acceptors (Lipinski definition) is 3. The van der Waals surface area contributed by atoms with Gasteiger partial charge in [0, 0.05) is 30.9 Å². The molecule has 0 amide bonds. The second kappa shape index (κ2) is 6.34. The van der Waals surface area contributed by atoms with Crippen LogP contribution in [-0.2, 0) is 13.0 Å². The summed E-state index contributed by atoms with van der Waals surface area (Å²) in [6, 6.07) is 0. The minimum atomic E-state index is -0.393. The molecule has 0 aliphatic heterocycles. The van der Waals surface area contributed by atoms with E-state index in [0.29, 0.717) is 6.42 Å². The van der Waals surface area contributed by atoms with Gasteiger partial charge in [-0.25, -0.2) is 4.98 Å². The standard InChI is InChI=1S/C14H27N3O/c1-6-14(7-2,16(4)5)12(18)11-13-15-9-10-17(13)8-3/h9-10,12,18H,6-8,11H2,1-5H3. The number of hydrogen-bond donors (Lipinski definition) is 1. The summed E-state index contributed by atoms with van der Waals surface area (Å²) in [6.45, 7) is 7.27. The number of aliphatic hydroxyl groups excluding tert-OH is 1. The average molecular weight is 253 g/mol. The fraction of sp³-hybridized carbons (Fsp3) is 0.786. The second-order valence-electron chi connectivity index (χ2n) is 5.05. The van der Waals surface area contributed by atoms with E-state index in [1.54, 1.807) is 6.20 Å². The van der Waals surface area contributed by atoms with Crippen LogP contribution in [0.2, 0.25) is 0 Å². The highest BCUT2D eigenvalue weighted by atomic mass is 16.3. The van der Waals surface area contributed by atoms with E-state index in [-0.39, 0.29) is 5.54 Å². The average Bonchev–Trinajstić information content (AvgIpc) is 2.78. The van der Waals surface area contributed by atoms with Crippen molar-refractivity contribution in [2.75, 3.05) is 14.1 Å². The van der Waals surface area contributed by atoms with Gasteiger partial charge in [-0.1, -0.05) is 13.8 Å². The Morgan fingerprint density at radius 3 is 2.39 bits per heavy atom. The molecule has 0 aromatic carbocycles. The van der Waals surface area contributed by atoms with E-state index in [1.165, 1.54) is 0 Å². The summed E-state index contributed by atoms with van der Waals surface area (Å²) >= 11 is 0. The smallest absolute Gasteiger partial charge is 0.111 e. The molecular weight excluding hydrogens is 226 g/mol. The Labute approximate surface area is 111 Å². The van der Waals surface area contributed by atoms with E-state index in [1.807, 2.05) is 20.3 Å². The molecule has 1 unspecified atom stereocenters. The van der Waals surface area contributed by atoms with Crippen molar-refractivity contribution in [3.63, 3.8) is 0 Å². The lowest BCUT2D eigenvalue weighted by molar-refractivity contribution is -0.0139. The van der Waals surface area contributed by atoms with Crippen molar-refractivity contribution in [1.82, 2.24) is 14.5 Å². The van der Waals surface area contributed by atoms with E-state index < -0.39 is 6.10 Å². The van der Waals surface area contributed by atoms with Gasteiger partial charge in [-0.3, -0.25) is 0 Å². The Bertz CT molecular complexity index is 356. The van der Waals surface area contributed by atoms with Gasteiger partial charge in [-0.15, -0.1) is 0 Å². The minimum Gasteiger partial charge on any atom is -0.391 e. The molecule has 0 aliphatic rings. The van der Waals surface area contributed by atoms with Gasteiger partial charge >= 0.3 is 0 Å². The molecule has 0 radical (unpaired) electrons. The van der Waals surface area contributed by atoms with Crippen LogP contribution in [0.4, 0.5) is 0 Å². The highest BCUT2D eigenvalue weighted by Crippen LogP contribution is 2.27. The van der Waals surface area contributed by atoms with Crippen LogP contribution in [0.5, 0.6) is 0 Å². The largest absolute Gasteiger partial charge is 0.391 e. The van der Waals surface area contributed by atoms with Gasteiger partial charge in [0.25, 0.3) is 0 Å². The van der Waals surface area contributed by atoms with Crippen molar-refractivity contribution < 1.29 is 5.11 Å². The zero-order chi connectivity index (χ0) is 13.8. The Hall–Kier alpha value is -0.870. The van der Waals surface area contributed by atoms with Crippen LogP contribution in [0.3, 0.4) is 0 Å². The summed E-state index contributed by atoms with van der Waals surface area (Å²) in [5, 5.41) is 10.6. The summed E-state index contributed by atoms with van der Waals surface area (Å²) in [5.41, 5.74) is -0.162. The van der Waals surface area contributed by atoms with Gasteiger partial charge in [-0.2, -0.15) is 0 Å². The molecule has 1 N–H and O–H groups in total. The van der Waals surface area contributed by atoms with Crippen LogP contribution in [0.25, 0.3) is 0 Å². The first kappa shape index (κ1) is 15.2. The lowest BCUT2D eigenvalue weighted by Gasteiger charge is -2.42. The fourth-order valence-electron chi connectivity index (χ4n) is 2.83. The van der Waals surface area contributed by atoms with E-state index in [2.05, 4.69) is 35.2 Å². The molecule has 0 aliphatic carbocycles. The van der Waals surface area contributed by atoms with E-state index in [4.69, 9.17) is 0 Å². The maximum Gasteiger partial charge on any atom is 0.111 e. The predicted octanol–water partition coefficient (Wildman–Crippen LogP) is 1.93. The Balaban J connectivity index is 2.88. The van der Waals surface area contributed by atoms with Crippen LogP contribution >= 0.6 is 0 Å². The predicted molar refractivity (Wildman–Crippen MR) is 74.6 cm³/mol. The van der Waals surface area contributed by atoms with Crippen molar-refractivity contribution in [2.24, 2.45) is 0 Å². The molecule has 4 heteroatoms. The maximum absolute atomic E-state index is 10.6. The summed E-state index contributed by atoms with van der Waals surface area (Å²) in [4.78, 5) is 6.50. The topological polar surface area (TPSA) is 41.3 Å². The second-order valence-corrected chi connectivity index (χ2v) is 5.05. The molecule has 104 valence electrons. The molecule has 0 saturated heterocycles. The quantitative estimate of drug-likeness (QED) is 0.807. The van der Waals surface area contributed by atoms with Crippen molar-refractivity contribution in [3.05, 3.63) is 18.2 Å². The highest BCUT2D eigenvalue weighted by Gasteiger charge is 2.37. The molecule has 1 aromatic heterocycles. The molecule has 0 bridgehead atoms. The van der Waals surface area contributed by atoms with Gasteiger partial charge in [0.2, 0.25) is 0 Å². The first-order valence-corrected chi connectivity index (χ1v) is 6.87. The molecule has 4 nitrogen and oxygen atoms in total. The number of aliphatic hydroxyl groups is 1. The van der Waals surface area contributed by atoms with Crippen molar-refractivity contribution in [3.8, 4) is 0 Å². The first-order valence-electron chi connectivity index (χ1n) is 6.87. The van der Waals surface area contributed by atoms with Crippen LogP contribution < -0.4 is 0 Å². The number of likely N-dealkylation sites (N-methyl/N-ethyl adjacent to an activating group) is 1. The van der Waals surface area contributed by atoms with Gasteiger partial charge < -0.3 is 14.6 Å². The number of aryl methyl sites for hydroxylation is 1. The summed E-state index contributed by atoms with van der Waals surface area (Å²) in [5.74, 6) is 0.970. The molecule has 0 saturated carbocycles. The normalized spacial score (nSPS) is 14.2. The molecule has 18 heavy (non-hydrogen) atoms. The van der Waals surface area contributed by atoms with Gasteiger partial charge in [0.15, 0.2) is 0 Å². The lowest BCUT2D eigenvalue weighted by atomic mass is 9.83. The summed E-state index contributed by atoms with van der Waals surface area (Å²) in [6.07, 6.45) is 5.86. The first-order chi connectivity index (χ1) is 8.51. The zero-order valence-electron chi connectivity index (χ0n) is 12.3. The third-order valence-electron chi connectivity index (χ3n) is 4.25. The van der Waals surface area contributed by atoms with Crippen molar-refractivity contribution >= 4 is 0 Å². The highest BCUT2D eigenvalue weighted by molar-refractivity contribution is 5.01. The number of nitrogens with zero attached hydrogens (tertiary/aromatic N) is 3. The Morgan fingerprint density at radius 1 is 1.33 bits per heavy atom. The van der Waals surface area contributed by atoms with Gasteiger partial charge in [0.1, 0.15) is 5.82 Å². The van der Waals surface area contributed by atoms with Gasteiger partial charge in [0.05, 0.1) is 6.10 Å². The third kappa shape index (κ3) is 2.75. The Kier molecular flexibility index (Phi) is 5.35. The molecule has 1 atom stereocenters. The third-order valence-corrected chi connectivity index (χ3v) is 4.25. The van der Waals surface area contributed by atoms with Crippen molar-refractivity contribution in [1.29, 1.82) is 0 Å². The SMILES string of the molecule is CCn1ccnc1CC(O)C(CC)(CC)N(C)C. The Morgan fingerprint density at radius 2 is 1.94 bits per heavy atom. The maximum atomic E-state index is 10.6. The van der Waals surface area contributed by atoms with E-state index in [0.717, 1.165) is 25.2 Å². The molecule has 1 aromatic rings. The molecular formula is C14H27N3O. The number of imidazole rings is 1. The molecule has 1 heterocycles. The zero-order valence-corrected chi connectivity index (χ0v) is 12.3. The lowest BCUT2D eigenvalue weighted by Crippen LogP contribution is -2.53. The molecule has 0 fully saturated rings. The monoisotopic (exact) mass is 253 g/mol. The van der Waals surface area contributed by atoms with Crippen LogP contribution in [0.1, 0.15) is 39.4 Å². The van der Waals surface area contributed by atoms with Crippen LogP contribution in [0.15, 0.2) is 12.4 Å². The summed E-state index contributed by atoms with van der Waals surface area (Å²) in [7, 11) is 4.09. The van der Waals surface area contributed by atoms with Crippen LogP contribution in [0, 0.1) is 0 Å². The fourth-order valence-corrected chi connectivity index (χ4v) is 2.83. The van der Waals surface area contributed by atoms with Crippen molar-refractivity contribution in [2.45, 2.75) is 58.2 Å². The van der Waals surface area contributed by atoms with E-state index >= 15 is 0 Å². The van der Waals surface area contributed by atoms with Gasteiger partial charge in [-0.05, 0) is 33.9 Å². The number of aromatic nitrogens is 2. The molecule has 0 spiro atoms. The summed E-state index contributed by atoms with van der Waals surface area (Å²) < 4.78 is 2.09. The minimum absolute atomic E-state index is 0.162.